The molecular formula is C14H21N3O2. The maximum absolute atomic E-state index is 11.6. The first-order valence-electron chi connectivity index (χ1n) is 6.58. The third-order valence-corrected chi connectivity index (χ3v) is 2.89. The Morgan fingerprint density at radius 3 is 2.68 bits per heavy atom. The van der Waals surface area contributed by atoms with Crippen molar-refractivity contribution >= 4 is 11.8 Å². The second-order valence-electron chi connectivity index (χ2n) is 5.90. The molecule has 0 aromatic carbocycles. The lowest BCUT2D eigenvalue weighted by Gasteiger charge is -2.37. The number of nitrogens with one attached hydrogen (secondary N) is 2. The maximum atomic E-state index is 11.6. The molecule has 1 aliphatic carbocycles. The quantitative estimate of drug-likeness (QED) is 0.879. The van der Waals surface area contributed by atoms with Gasteiger partial charge in [-0.15, -0.1) is 0 Å². The molecule has 1 heterocycles. The minimum Gasteiger partial charge on any atom is -0.444 e. The lowest BCUT2D eigenvalue weighted by atomic mass is 9.87. The van der Waals surface area contributed by atoms with Crippen LogP contribution in [0, 0.1) is 0 Å². The van der Waals surface area contributed by atoms with Crippen molar-refractivity contribution in [2.75, 3.05) is 5.32 Å². The fourth-order valence-corrected chi connectivity index (χ4v) is 2.01. The monoisotopic (exact) mass is 263 g/mol. The molecule has 1 saturated carbocycles. The summed E-state index contributed by atoms with van der Waals surface area (Å²) in [6.45, 7) is 5.58. The molecule has 5 nitrogen and oxygen atoms in total. The van der Waals surface area contributed by atoms with Crippen molar-refractivity contribution in [3.63, 3.8) is 0 Å². The largest absolute Gasteiger partial charge is 0.444 e. The molecule has 0 aliphatic heterocycles. The van der Waals surface area contributed by atoms with E-state index in [0.717, 1.165) is 18.5 Å². The number of amides is 1. The van der Waals surface area contributed by atoms with Crippen molar-refractivity contribution in [1.29, 1.82) is 0 Å². The first-order valence-corrected chi connectivity index (χ1v) is 6.58. The Morgan fingerprint density at radius 2 is 2.11 bits per heavy atom. The van der Waals surface area contributed by atoms with Gasteiger partial charge in [-0.2, -0.15) is 0 Å². The first-order chi connectivity index (χ1) is 8.92. The summed E-state index contributed by atoms with van der Waals surface area (Å²) in [6, 6.07) is 4.48. The van der Waals surface area contributed by atoms with Gasteiger partial charge in [0.2, 0.25) is 0 Å². The highest BCUT2D eigenvalue weighted by Crippen LogP contribution is 2.24. The summed E-state index contributed by atoms with van der Waals surface area (Å²) >= 11 is 0. The Balaban J connectivity index is 1.68. The number of carbonyl (C=O) groups is 1. The van der Waals surface area contributed by atoms with E-state index in [2.05, 4.69) is 15.6 Å². The molecule has 0 spiro atoms. The topological polar surface area (TPSA) is 63.2 Å². The normalized spacial score (nSPS) is 22.3. The summed E-state index contributed by atoms with van der Waals surface area (Å²) in [5, 5.41) is 6.25. The van der Waals surface area contributed by atoms with Gasteiger partial charge < -0.3 is 15.4 Å². The zero-order chi connectivity index (χ0) is 13.9. The zero-order valence-electron chi connectivity index (χ0n) is 11.6. The van der Waals surface area contributed by atoms with Gasteiger partial charge in [0.25, 0.3) is 0 Å². The molecule has 2 N–H and O–H groups in total. The van der Waals surface area contributed by atoms with Crippen LogP contribution in [-0.4, -0.2) is 28.8 Å². The number of nitrogens with zero attached hydrogens (tertiary/aromatic N) is 1. The highest BCUT2D eigenvalue weighted by molar-refractivity contribution is 5.68. The smallest absolute Gasteiger partial charge is 0.407 e. The summed E-state index contributed by atoms with van der Waals surface area (Å²) < 4.78 is 5.22. The van der Waals surface area contributed by atoms with E-state index in [0.29, 0.717) is 6.04 Å². The molecule has 1 aromatic rings. The van der Waals surface area contributed by atoms with E-state index in [1.165, 1.54) is 0 Å². The third kappa shape index (κ3) is 4.43. The van der Waals surface area contributed by atoms with E-state index in [-0.39, 0.29) is 12.1 Å². The highest BCUT2D eigenvalue weighted by Gasteiger charge is 2.31. The third-order valence-electron chi connectivity index (χ3n) is 2.89. The number of alkyl carbamates (subject to hydrolysis) is 1. The molecule has 0 unspecified atom stereocenters. The number of hydrogen-bond acceptors (Lipinski definition) is 4. The predicted molar refractivity (Wildman–Crippen MR) is 74.0 cm³/mol. The summed E-state index contributed by atoms with van der Waals surface area (Å²) in [6.07, 6.45) is 5.03. The lowest BCUT2D eigenvalue weighted by molar-refractivity contribution is 0.0475. The Morgan fingerprint density at radius 1 is 1.37 bits per heavy atom. The van der Waals surface area contributed by atoms with Gasteiger partial charge in [0.15, 0.2) is 0 Å². The van der Waals surface area contributed by atoms with Crippen LogP contribution in [0.2, 0.25) is 0 Å². The Hall–Kier alpha value is -1.78. The Bertz CT molecular complexity index is 422. The summed E-state index contributed by atoms with van der Waals surface area (Å²) in [4.78, 5) is 15.6. The molecule has 104 valence electrons. The van der Waals surface area contributed by atoms with Crippen molar-refractivity contribution in [3.05, 3.63) is 24.5 Å². The van der Waals surface area contributed by atoms with Crippen molar-refractivity contribution in [2.45, 2.75) is 51.3 Å². The molecule has 0 atom stereocenters. The number of ether oxygens (including phenoxy) is 1. The average Bonchev–Trinajstić information content (AvgIpc) is 2.25. The van der Waals surface area contributed by atoms with Gasteiger partial charge in [-0.05, 0) is 45.7 Å². The standard InChI is InChI=1S/C14H21N3O2/c1-14(2,3)19-13(18)17-12-7-11(8-12)16-10-5-4-6-15-9-10/h4-6,9,11-12,16H,7-8H2,1-3H3,(H,17,18). The van der Waals surface area contributed by atoms with Crippen molar-refractivity contribution in [2.24, 2.45) is 0 Å². The Kier molecular flexibility index (Phi) is 3.93. The molecule has 1 amide bonds. The second kappa shape index (κ2) is 5.47. The number of anilines is 1. The average molecular weight is 263 g/mol. The number of pyridine rings is 1. The van der Waals surface area contributed by atoms with Crippen molar-refractivity contribution in [3.8, 4) is 0 Å². The van der Waals surface area contributed by atoms with Crippen LogP contribution < -0.4 is 10.6 Å². The van der Waals surface area contributed by atoms with Crippen molar-refractivity contribution in [1.82, 2.24) is 10.3 Å². The fraction of sp³-hybridized carbons (Fsp3) is 0.571. The molecule has 1 fully saturated rings. The second-order valence-corrected chi connectivity index (χ2v) is 5.90. The fourth-order valence-electron chi connectivity index (χ4n) is 2.01. The molecule has 0 bridgehead atoms. The molecular weight excluding hydrogens is 242 g/mol. The highest BCUT2D eigenvalue weighted by atomic mass is 16.6. The van der Waals surface area contributed by atoms with Gasteiger partial charge in [0.05, 0.1) is 5.69 Å². The van der Waals surface area contributed by atoms with Crippen LogP contribution in [-0.2, 0) is 4.74 Å². The van der Waals surface area contributed by atoms with E-state index in [1.54, 1.807) is 12.4 Å². The number of hydrogen-bond donors (Lipinski definition) is 2. The molecule has 1 aromatic heterocycles. The molecule has 5 heteroatoms. The number of aromatic nitrogens is 1. The van der Waals surface area contributed by atoms with Gasteiger partial charge in [-0.1, -0.05) is 0 Å². The minimum absolute atomic E-state index is 0.198. The van der Waals surface area contributed by atoms with Gasteiger partial charge >= 0.3 is 6.09 Å². The van der Waals surface area contributed by atoms with Gasteiger partial charge in [0, 0.05) is 24.5 Å². The molecule has 19 heavy (non-hydrogen) atoms. The van der Waals surface area contributed by atoms with E-state index in [4.69, 9.17) is 4.74 Å². The van der Waals surface area contributed by atoms with Crippen LogP contribution in [0.15, 0.2) is 24.5 Å². The van der Waals surface area contributed by atoms with Gasteiger partial charge in [0.1, 0.15) is 5.60 Å². The van der Waals surface area contributed by atoms with E-state index in [9.17, 15) is 4.79 Å². The SMILES string of the molecule is CC(C)(C)OC(=O)NC1CC(Nc2cccnc2)C1. The van der Waals surface area contributed by atoms with E-state index < -0.39 is 5.60 Å². The Labute approximate surface area is 113 Å². The van der Waals surface area contributed by atoms with Crippen LogP contribution in [0.4, 0.5) is 10.5 Å². The van der Waals surface area contributed by atoms with E-state index >= 15 is 0 Å². The van der Waals surface area contributed by atoms with Crippen LogP contribution in [0.1, 0.15) is 33.6 Å². The maximum Gasteiger partial charge on any atom is 0.407 e. The minimum atomic E-state index is -0.443. The van der Waals surface area contributed by atoms with Crippen LogP contribution in [0.5, 0.6) is 0 Å². The summed E-state index contributed by atoms with van der Waals surface area (Å²) in [5.41, 5.74) is 0.574. The van der Waals surface area contributed by atoms with Crippen LogP contribution in [0.3, 0.4) is 0 Å². The summed E-state index contributed by atoms with van der Waals surface area (Å²) in [5.74, 6) is 0. The summed E-state index contributed by atoms with van der Waals surface area (Å²) in [7, 11) is 0. The zero-order valence-corrected chi connectivity index (χ0v) is 11.6. The molecule has 2 rings (SSSR count). The van der Waals surface area contributed by atoms with E-state index in [1.807, 2.05) is 32.9 Å². The van der Waals surface area contributed by atoms with Gasteiger partial charge in [-0.3, -0.25) is 4.98 Å². The van der Waals surface area contributed by atoms with Crippen LogP contribution in [0.25, 0.3) is 0 Å². The predicted octanol–water partition coefficient (Wildman–Crippen LogP) is 2.55. The number of carbonyl (C=O) groups excluding carboxylic acids is 1. The van der Waals surface area contributed by atoms with Gasteiger partial charge in [-0.25, -0.2) is 4.79 Å². The van der Waals surface area contributed by atoms with Crippen LogP contribution >= 0.6 is 0 Å². The molecule has 0 radical (unpaired) electrons. The molecule has 0 saturated heterocycles. The molecule has 1 aliphatic rings. The first kappa shape index (κ1) is 13.6. The lowest BCUT2D eigenvalue weighted by Crippen LogP contribution is -2.50. The van der Waals surface area contributed by atoms with Crippen molar-refractivity contribution < 1.29 is 9.53 Å². The number of rotatable bonds is 3.